The lowest BCUT2D eigenvalue weighted by atomic mass is 10.1. The highest BCUT2D eigenvalue weighted by molar-refractivity contribution is 7.85. The average Bonchev–Trinajstić information content (AvgIpc) is 3.07. The van der Waals surface area contributed by atoms with E-state index in [9.17, 15) is 34.9 Å². The molecule has 0 radical (unpaired) electrons. The molecule has 1 fully saturated rings. The van der Waals surface area contributed by atoms with Crippen molar-refractivity contribution < 1.29 is 39.4 Å². The molecule has 0 aromatic heterocycles. The Morgan fingerprint density at radius 2 is 1.21 bits per heavy atom. The summed E-state index contributed by atoms with van der Waals surface area (Å²) < 4.78 is 94.3. The molecule has 0 unspecified atom stereocenters. The first-order valence-corrected chi connectivity index (χ1v) is 11.2. The number of hydrogen-bond donors (Lipinski definition) is 0. The smallest absolute Gasteiger partial charge is 0.200 e. The first-order chi connectivity index (χ1) is 13.4. The largest absolute Gasteiger partial charge is 0.744 e. The topological polar surface area (TPSA) is 57.2 Å². The van der Waals surface area contributed by atoms with Gasteiger partial charge in [0.25, 0.3) is 0 Å². The Morgan fingerprint density at radius 3 is 1.66 bits per heavy atom. The van der Waals surface area contributed by atoms with E-state index in [0.717, 1.165) is 0 Å². The highest BCUT2D eigenvalue weighted by Crippen LogP contribution is 2.26. The van der Waals surface area contributed by atoms with E-state index in [1.165, 1.54) is 75.5 Å². The van der Waals surface area contributed by atoms with Gasteiger partial charge in [-0.3, -0.25) is 0 Å². The van der Waals surface area contributed by atoms with Crippen LogP contribution in [0.2, 0.25) is 0 Å². The van der Waals surface area contributed by atoms with Crippen molar-refractivity contribution in [1.82, 2.24) is 0 Å². The number of unbranched alkanes of at least 4 members (excludes halogenated alkanes) is 5. The van der Waals surface area contributed by atoms with Gasteiger partial charge >= 0.3 is 0 Å². The molecule has 4 nitrogen and oxygen atoms in total. The molecule has 0 bridgehead atoms. The van der Waals surface area contributed by atoms with Gasteiger partial charge in [0.1, 0.15) is 15.0 Å². The third kappa shape index (κ3) is 7.49. The molecular formula is C19H28F5NO3S. The van der Waals surface area contributed by atoms with Gasteiger partial charge in [0.05, 0.1) is 26.7 Å². The van der Waals surface area contributed by atoms with Gasteiger partial charge in [-0.15, -0.1) is 0 Å². The second kappa shape index (κ2) is 11.2. The van der Waals surface area contributed by atoms with Gasteiger partial charge in [-0.05, 0) is 12.8 Å². The highest BCUT2D eigenvalue weighted by Gasteiger charge is 2.29. The Labute approximate surface area is 169 Å². The SMILES string of the molecule is CCCCCCCC[N+]1(C)CCCC1.O=S(=O)([O-])c1c(F)c(F)c(F)c(F)c1F. The molecule has 0 aliphatic carbocycles. The summed E-state index contributed by atoms with van der Waals surface area (Å²) in [7, 11) is -3.33. The zero-order valence-corrected chi connectivity index (χ0v) is 17.6. The summed E-state index contributed by atoms with van der Waals surface area (Å²) in [5.41, 5.74) is 0. The van der Waals surface area contributed by atoms with Crippen molar-refractivity contribution in [2.24, 2.45) is 0 Å². The predicted octanol–water partition coefficient (Wildman–Crippen LogP) is 4.87. The van der Waals surface area contributed by atoms with E-state index in [2.05, 4.69) is 14.0 Å². The van der Waals surface area contributed by atoms with Gasteiger partial charge in [0.15, 0.2) is 23.3 Å². The van der Waals surface area contributed by atoms with Crippen LogP contribution in [-0.4, -0.2) is 44.1 Å². The molecule has 0 spiro atoms. The minimum atomic E-state index is -5.77. The number of quaternary nitrogens is 1. The molecule has 0 N–H and O–H groups in total. The molecule has 1 heterocycles. The van der Waals surface area contributed by atoms with Crippen molar-refractivity contribution in [3.8, 4) is 0 Å². The van der Waals surface area contributed by atoms with Crippen molar-refractivity contribution in [1.29, 1.82) is 0 Å². The summed E-state index contributed by atoms with van der Waals surface area (Å²) in [6.45, 7) is 6.60. The van der Waals surface area contributed by atoms with Gasteiger partial charge < -0.3 is 9.04 Å². The molecule has 2 rings (SSSR count). The highest BCUT2D eigenvalue weighted by atomic mass is 32.2. The lowest BCUT2D eigenvalue weighted by molar-refractivity contribution is -0.897. The van der Waals surface area contributed by atoms with Crippen LogP contribution >= 0.6 is 0 Å². The number of rotatable bonds is 8. The first kappa shape index (κ1) is 25.8. The van der Waals surface area contributed by atoms with E-state index in [-0.39, 0.29) is 0 Å². The standard InChI is InChI=1S/C13H28N.C6HF5O3S/c1-3-4-5-6-7-8-11-14(2)12-9-10-13-14;7-1-2(8)4(10)6(15(12,13)14)5(11)3(1)9/h3-13H2,1-2H3;(H,12,13,14)/q+1;/p-1. The van der Waals surface area contributed by atoms with Crippen LogP contribution in [0.3, 0.4) is 0 Å². The van der Waals surface area contributed by atoms with E-state index >= 15 is 0 Å². The van der Waals surface area contributed by atoms with Gasteiger partial charge in [0, 0.05) is 12.8 Å². The number of halogens is 5. The van der Waals surface area contributed by atoms with Gasteiger partial charge in [0.2, 0.25) is 5.82 Å². The molecule has 0 atom stereocenters. The molecule has 10 heteroatoms. The minimum Gasteiger partial charge on any atom is -0.744 e. The summed E-state index contributed by atoms with van der Waals surface area (Å²) in [4.78, 5) is -2.38. The number of hydrogen-bond acceptors (Lipinski definition) is 3. The van der Waals surface area contributed by atoms with Crippen molar-refractivity contribution in [2.75, 3.05) is 26.7 Å². The van der Waals surface area contributed by atoms with Crippen molar-refractivity contribution in [3.63, 3.8) is 0 Å². The quantitative estimate of drug-likeness (QED) is 0.143. The van der Waals surface area contributed by atoms with Crippen LogP contribution in [0.25, 0.3) is 0 Å². The fraction of sp³-hybridized carbons (Fsp3) is 0.684. The van der Waals surface area contributed by atoms with Crippen LogP contribution in [0.4, 0.5) is 22.0 Å². The zero-order chi connectivity index (χ0) is 22.2. The molecule has 168 valence electrons. The van der Waals surface area contributed by atoms with E-state index in [0.29, 0.717) is 0 Å². The number of benzene rings is 1. The molecule has 29 heavy (non-hydrogen) atoms. The summed E-state index contributed by atoms with van der Waals surface area (Å²) >= 11 is 0. The van der Waals surface area contributed by atoms with Crippen LogP contribution in [0, 0.1) is 29.1 Å². The Hall–Kier alpha value is -1.26. The maximum atomic E-state index is 12.6. The Balaban J connectivity index is 0.000000291. The molecule has 0 amide bonds. The van der Waals surface area contributed by atoms with E-state index < -0.39 is 44.1 Å². The first-order valence-electron chi connectivity index (χ1n) is 9.75. The monoisotopic (exact) mass is 445 g/mol. The molecule has 1 aliphatic rings. The second-order valence-electron chi connectivity index (χ2n) is 7.62. The number of nitrogens with zero attached hydrogens (tertiary/aromatic N) is 1. The lowest BCUT2D eigenvalue weighted by Gasteiger charge is -2.29. The van der Waals surface area contributed by atoms with Gasteiger partial charge in [-0.2, -0.15) is 0 Å². The van der Waals surface area contributed by atoms with Crippen LogP contribution in [0.1, 0.15) is 58.3 Å². The van der Waals surface area contributed by atoms with Gasteiger partial charge in [-0.1, -0.05) is 32.6 Å². The molecule has 1 aliphatic heterocycles. The van der Waals surface area contributed by atoms with Crippen LogP contribution in [-0.2, 0) is 10.1 Å². The third-order valence-corrected chi connectivity index (χ3v) is 5.98. The maximum Gasteiger partial charge on any atom is 0.200 e. The molecule has 1 aromatic rings. The Kier molecular flexibility index (Phi) is 9.97. The van der Waals surface area contributed by atoms with E-state index in [1.807, 2.05) is 0 Å². The molecular weight excluding hydrogens is 417 g/mol. The van der Waals surface area contributed by atoms with Crippen molar-refractivity contribution >= 4 is 10.1 Å². The predicted molar refractivity (Wildman–Crippen MR) is 97.6 cm³/mol. The van der Waals surface area contributed by atoms with Crippen LogP contribution in [0.5, 0.6) is 0 Å². The fourth-order valence-corrected chi connectivity index (χ4v) is 4.02. The summed E-state index contributed by atoms with van der Waals surface area (Å²) in [5, 5.41) is 0. The zero-order valence-electron chi connectivity index (χ0n) is 16.7. The molecule has 0 saturated carbocycles. The summed E-state index contributed by atoms with van der Waals surface area (Å²) in [6.07, 6.45) is 11.6. The minimum absolute atomic E-state index is 1.37. The Bertz CT molecular complexity index is 752. The Morgan fingerprint density at radius 1 is 0.793 bits per heavy atom. The third-order valence-electron chi connectivity index (χ3n) is 5.12. The lowest BCUT2D eigenvalue weighted by Crippen LogP contribution is -2.41. The summed E-state index contributed by atoms with van der Waals surface area (Å²) in [6, 6.07) is 0. The molecule has 1 aromatic carbocycles. The fourth-order valence-electron chi connectivity index (χ4n) is 3.40. The second-order valence-corrected chi connectivity index (χ2v) is 8.93. The number of likely N-dealkylation sites (tertiary alicyclic amines) is 1. The van der Waals surface area contributed by atoms with Crippen LogP contribution < -0.4 is 0 Å². The van der Waals surface area contributed by atoms with E-state index in [4.69, 9.17) is 0 Å². The summed E-state index contributed by atoms with van der Waals surface area (Å²) in [5.74, 6) is -12.8. The van der Waals surface area contributed by atoms with Gasteiger partial charge in [-0.25, -0.2) is 30.4 Å². The van der Waals surface area contributed by atoms with Crippen molar-refractivity contribution in [3.05, 3.63) is 29.1 Å². The maximum absolute atomic E-state index is 12.6. The van der Waals surface area contributed by atoms with Crippen molar-refractivity contribution in [2.45, 2.75) is 63.2 Å². The normalized spacial score (nSPS) is 15.9. The average molecular weight is 445 g/mol. The molecule has 1 saturated heterocycles. The van der Waals surface area contributed by atoms with E-state index in [1.54, 1.807) is 0 Å². The van der Waals surface area contributed by atoms with Crippen LogP contribution in [0.15, 0.2) is 4.90 Å².